The molecule has 2 aromatic rings. The lowest BCUT2D eigenvalue weighted by molar-refractivity contribution is 0.0950. The van der Waals surface area contributed by atoms with Crippen LogP contribution in [-0.4, -0.2) is 26.2 Å². The minimum absolute atomic E-state index is 0.0545. The summed E-state index contributed by atoms with van der Waals surface area (Å²) in [4.78, 5) is 12.6. The van der Waals surface area contributed by atoms with Gasteiger partial charge < -0.3 is 14.8 Å². The highest BCUT2D eigenvalue weighted by molar-refractivity contribution is 7.12. The van der Waals surface area contributed by atoms with Gasteiger partial charge in [-0.3, -0.25) is 4.79 Å². The summed E-state index contributed by atoms with van der Waals surface area (Å²) in [7, 11) is 1.60. The number of benzene rings is 1. The van der Waals surface area contributed by atoms with Crippen molar-refractivity contribution in [2.75, 3.05) is 20.3 Å². The van der Waals surface area contributed by atoms with Crippen LogP contribution < -0.4 is 14.8 Å². The number of carbonyl (C=O) groups excluding carboxylic acids is 1. The van der Waals surface area contributed by atoms with E-state index in [1.807, 2.05) is 42.6 Å². The van der Waals surface area contributed by atoms with Gasteiger partial charge in [0.2, 0.25) is 0 Å². The molecule has 0 spiro atoms. The van der Waals surface area contributed by atoms with Gasteiger partial charge in [0.05, 0.1) is 18.5 Å². The molecule has 0 aliphatic carbocycles. The first-order chi connectivity index (χ1) is 9.72. The van der Waals surface area contributed by atoms with E-state index >= 15 is 0 Å². The predicted octanol–water partition coefficient (Wildman–Crippen LogP) is 2.87. The monoisotopic (exact) mass is 291 g/mol. The quantitative estimate of drug-likeness (QED) is 0.833. The van der Waals surface area contributed by atoms with Crippen LogP contribution >= 0.6 is 11.3 Å². The van der Waals surface area contributed by atoms with Gasteiger partial charge in [-0.15, -0.1) is 11.3 Å². The second-order valence-electron chi connectivity index (χ2n) is 4.19. The smallest absolute Gasteiger partial charge is 0.261 e. The fourth-order valence-corrected chi connectivity index (χ4v) is 2.59. The fraction of sp³-hybridized carbons (Fsp3) is 0.267. The Morgan fingerprint density at radius 2 is 2.00 bits per heavy atom. The van der Waals surface area contributed by atoms with Crippen LogP contribution in [0.4, 0.5) is 0 Å². The number of amides is 1. The van der Waals surface area contributed by atoms with E-state index in [1.54, 1.807) is 7.11 Å². The maximum absolute atomic E-state index is 11.9. The molecule has 5 heteroatoms. The van der Waals surface area contributed by atoms with E-state index in [0.29, 0.717) is 24.7 Å². The molecule has 0 saturated carbocycles. The van der Waals surface area contributed by atoms with Gasteiger partial charge in [-0.1, -0.05) is 12.1 Å². The molecule has 0 atom stereocenters. The number of thiophene rings is 1. The number of hydrogen-bond acceptors (Lipinski definition) is 4. The van der Waals surface area contributed by atoms with Crippen LogP contribution in [0.25, 0.3) is 0 Å². The third kappa shape index (κ3) is 3.51. The van der Waals surface area contributed by atoms with Gasteiger partial charge in [0.25, 0.3) is 5.91 Å². The van der Waals surface area contributed by atoms with E-state index in [9.17, 15) is 4.79 Å². The number of carbonyl (C=O) groups is 1. The maximum atomic E-state index is 11.9. The summed E-state index contributed by atoms with van der Waals surface area (Å²) < 4.78 is 10.8. The van der Waals surface area contributed by atoms with Crippen LogP contribution in [0.2, 0.25) is 0 Å². The summed E-state index contributed by atoms with van der Waals surface area (Å²) in [5.74, 6) is 1.31. The SMILES string of the molecule is COc1ccccc1OCCNC(=O)c1sccc1C. The molecule has 20 heavy (non-hydrogen) atoms. The first kappa shape index (κ1) is 14.4. The Morgan fingerprint density at radius 3 is 2.65 bits per heavy atom. The largest absolute Gasteiger partial charge is 0.493 e. The molecule has 4 nitrogen and oxygen atoms in total. The molecule has 1 amide bonds. The standard InChI is InChI=1S/C15H17NO3S/c1-11-7-10-20-14(11)15(17)16-8-9-19-13-6-4-3-5-12(13)18-2/h3-7,10H,8-9H2,1-2H3,(H,16,17). The van der Waals surface area contributed by atoms with E-state index in [0.717, 1.165) is 10.4 Å². The van der Waals surface area contributed by atoms with Gasteiger partial charge >= 0.3 is 0 Å². The zero-order chi connectivity index (χ0) is 14.4. The van der Waals surface area contributed by atoms with Crippen LogP contribution in [-0.2, 0) is 0 Å². The lowest BCUT2D eigenvalue weighted by Gasteiger charge is -2.10. The van der Waals surface area contributed by atoms with Crippen molar-refractivity contribution >= 4 is 17.2 Å². The van der Waals surface area contributed by atoms with Crippen LogP contribution in [0.5, 0.6) is 11.5 Å². The molecule has 0 aliphatic rings. The van der Waals surface area contributed by atoms with Crippen LogP contribution in [0.1, 0.15) is 15.2 Å². The summed E-state index contributed by atoms with van der Waals surface area (Å²) in [6.45, 7) is 2.78. The lowest BCUT2D eigenvalue weighted by Crippen LogP contribution is -2.27. The number of ether oxygens (including phenoxy) is 2. The minimum atomic E-state index is -0.0545. The molecule has 0 aliphatic heterocycles. The molecule has 0 saturated heterocycles. The van der Waals surface area contributed by atoms with E-state index in [1.165, 1.54) is 11.3 Å². The molecule has 106 valence electrons. The first-order valence-corrected chi connectivity index (χ1v) is 7.18. The van der Waals surface area contributed by atoms with Crippen LogP contribution in [0.3, 0.4) is 0 Å². The van der Waals surface area contributed by atoms with Gasteiger partial charge in [-0.25, -0.2) is 0 Å². The lowest BCUT2D eigenvalue weighted by atomic mass is 10.3. The number of rotatable bonds is 6. The second-order valence-corrected chi connectivity index (χ2v) is 5.10. The topological polar surface area (TPSA) is 47.6 Å². The third-order valence-electron chi connectivity index (χ3n) is 2.78. The Hall–Kier alpha value is -2.01. The molecule has 2 rings (SSSR count). The minimum Gasteiger partial charge on any atom is -0.493 e. The third-order valence-corrected chi connectivity index (χ3v) is 3.80. The van der Waals surface area contributed by atoms with Gasteiger partial charge in [0.15, 0.2) is 11.5 Å². The van der Waals surface area contributed by atoms with Crippen molar-refractivity contribution in [3.8, 4) is 11.5 Å². The van der Waals surface area contributed by atoms with E-state index in [4.69, 9.17) is 9.47 Å². The number of nitrogens with one attached hydrogen (secondary N) is 1. The number of aryl methyl sites for hydroxylation is 1. The van der Waals surface area contributed by atoms with E-state index in [2.05, 4.69) is 5.32 Å². The zero-order valence-corrected chi connectivity index (χ0v) is 12.3. The summed E-state index contributed by atoms with van der Waals surface area (Å²) in [5.41, 5.74) is 0.998. The molecule has 1 aromatic carbocycles. The Labute approximate surface area is 122 Å². The molecule has 0 radical (unpaired) electrons. The van der Waals surface area contributed by atoms with Gasteiger partial charge in [0, 0.05) is 0 Å². The van der Waals surface area contributed by atoms with Crippen molar-refractivity contribution < 1.29 is 14.3 Å². The molecular weight excluding hydrogens is 274 g/mol. The van der Waals surface area contributed by atoms with Gasteiger partial charge in [-0.2, -0.15) is 0 Å². The normalized spacial score (nSPS) is 10.1. The molecule has 1 aromatic heterocycles. The van der Waals surface area contributed by atoms with Crippen molar-refractivity contribution in [1.82, 2.24) is 5.32 Å². The van der Waals surface area contributed by atoms with Gasteiger partial charge in [0.1, 0.15) is 6.61 Å². The van der Waals surface area contributed by atoms with Crippen molar-refractivity contribution in [1.29, 1.82) is 0 Å². The summed E-state index contributed by atoms with van der Waals surface area (Å²) in [6.07, 6.45) is 0. The highest BCUT2D eigenvalue weighted by atomic mass is 32.1. The average molecular weight is 291 g/mol. The highest BCUT2D eigenvalue weighted by Crippen LogP contribution is 2.25. The molecular formula is C15H17NO3S. The highest BCUT2D eigenvalue weighted by Gasteiger charge is 2.09. The van der Waals surface area contributed by atoms with Crippen LogP contribution in [0.15, 0.2) is 35.7 Å². The predicted molar refractivity (Wildman–Crippen MR) is 79.9 cm³/mol. The first-order valence-electron chi connectivity index (χ1n) is 6.30. The van der Waals surface area contributed by atoms with Crippen molar-refractivity contribution in [3.05, 3.63) is 46.2 Å². The molecule has 0 unspecified atom stereocenters. The molecule has 0 fully saturated rings. The van der Waals surface area contributed by atoms with Gasteiger partial charge in [-0.05, 0) is 36.1 Å². The number of methoxy groups -OCH3 is 1. The van der Waals surface area contributed by atoms with Crippen LogP contribution in [0, 0.1) is 6.92 Å². The average Bonchev–Trinajstić information content (AvgIpc) is 2.90. The number of para-hydroxylation sites is 2. The Bertz CT molecular complexity index is 580. The fourth-order valence-electron chi connectivity index (χ4n) is 1.75. The summed E-state index contributed by atoms with van der Waals surface area (Å²) in [6, 6.07) is 9.37. The van der Waals surface area contributed by atoms with Crippen molar-refractivity contribution in [2.24, 2.45) is 0 Å². The Kier molecular flexibility index (Phi) is 5.01. The molecule has 1 N–H and O–H groups in total. The Morgan fingerprint density at radius 1 is 1.25 bits per heavy atom. The van der Waals surface area contributed by atoms with E-state index in [-0.39, 0.29) is 5.91 Å². The molecule has 0 bridgehead atoms. The summed E-state index contributed by atoms with van der Waals surface area (Å²) in [5, 5.41) is 4.75. The second kappa shape index (κ2) is 6.96. The molecule has 1 heterocycles. The Balaban J connectivity index is 1.79. The van der Waals surface area contributed by atoms with Crippen molar-refractivity contribution in [3.63, 3.8) is 0 Å². The zero-order valence-electron chi connectivity index (χ0n) is 11.5. The summed E-state index contributed by atoms with van der Waals surface area (Å²) >= 11 is 1.45. The number of hydrogen-bond donors (Lipinski definition) is 1. The maximum Gasteiger partial charge on any atom is 0.261 e. The van der Waals surface area contributed by atoms with Crippen molar-refractivity contribution in [2.45, 2.75) is 6.92 Å². The van der Waals surface area contributed by atoms with E-state index < -0.39 is 0 Å².